The van der Waals surface area contributed by atoms with Crippen molar-refractivity contribution in [1.29, 1.82) is 0 Å². The van der Waals surface area contributed by atoms with E-state index >= 15 is 0 Å². The van der Waals surface area contributed by atoms with Crippen LogP contribution in [0.1, 0.15) is 20.8 Å². The quantitative estimate of drug-likeness (QED) is 0.732. The van der Waals surface area contributed by atoms with Crippen molar-refractivity contribution in [2.45, 2.75) is 26.8 Å². The molecule has 1 atom stereocenters. The number of carbonyl (C=O) groups is 2. The normalized spacial score (nSPS) is 12.4. The Labute approximate surface area is 89.6 Å². The van der Waals surface area contributed by atoms with Crippen LogP contribution in [0.15, 0.2) is 0 Å². The van der Waals surface area contributed by atoms with Crippen molar-refractivity contribution >= 4 is 23.5 Å². The molecule has 0 fully saturated rings. The van der Waals surface area contributed by atoms with Crippen molar-refractivity contribution in [3.63, 3.8) is 0 Å². The maximum absolute atomic E-state index is 11.4. The summed E-state index contributed by atoms with van der Waals surface area (Å²) in [4.78, 5) is 23.7. The van der Waals surface area contributed by atoms with Crippen LogP contribution in [-0.4, -0.2) is 35.8 Å². The fourth-order valence-corrected chi connectivity index (χ4v) is 0.940. The molecule has 0 aromatic heterocycles. The van der Waals surface area contributed by atoms with Gasteiger partial charge in [-0.3, -0.25) is 10.1 Å². The number of halogens is 1. The van der Waals surface area contributed by atoms with E-state index in [2.05, 4.69) is 5.32 Å². The minimum absolute atomic E-state index is 0.0816. The van der Waals surface area contributed by atoms with Crippen LogP contribution in [0.2, 0.25) is 0 Å². The molecule has 0 aromatic rings. The van der Waals surface area contributed by atoms with Gasteiger partial charge in [-0.25, -0.2) is 4.79 Å². The highest BCUT2D eigenvalue weighted by Crippen LogP contribution is 2.07. The Morgan fingerprint density at radius 2 is 1.86 bits per heavy atom. The van der Waals surface area contributed by atoms with Crippen LogP contribution in [0.3, 0.4) is 0 Å². The van der Waals surface area contributed by atoms with E-state index in [1.807, 2.05) is 20.8 Å². The van der Waals surface area contributed by atoms with Gasteiger partial charge in [0.1, 0.15) is 5.88 Å². The van der Waals surface area contributed by atoms with E-state index in [4.69, 9.17) is 11.6 Å². The van der Waals surface area contributed by atoms with Gasteiger partial charge in [-0.2, -0.15) is 0 Å². The summed E-state index contributed by atoms with van der Waals surface area (Å²) in [6.45, 7) is 5.95. The molecule has 4 nitrogen and oxygen atoms in total. The van der Waals surface area contributed by atoms with Gasteiger partial charge in [-0.05, 0) is 12.8 Å². The molecule has 3 amide bonds. The summed E-state index contributed by atoms with van der Waals surface area (Å²) in [5.41, 5.74) is 0. The van der Waals surface area contributed by atoms with E-state index in [0.717, 1.165) is 0 Å². The molecule has 0 aliphatic rings. The predicted octanol–water partition coefficient (Wildman–Crippen LogP) is 1.44. The molecule has 1 unspecified atom stereocenters. The number of alkyl halides is 1. The number of urea groups is 1. The van der Waals surface area contributed by atoms with Crippen molar-refractivity contribution in [2.75, 3.05) is 12.9 Å². The van der Waals surface area contributed by atoms with Crippen LogP contribution in [0.4, 0.5) is 4.79 Å². The van der Waals surface area contributed by atoms with Gasteiger partial charge < -0.3 is 4.90 Å². The van der Waals surface area contributed by atoms with Gasteiger partial charge in [-0.1, -0.05) is 13.8 Å². The van der Waals surface area contributed by atoms with Gasteiger partial charge in [0, 0.05) is 13.1 Å². The summed E-state index contributed by atoms with van der Waals surface area (Å²) in [5.74, 6) is -0.327. The summed E-state index contributed by atoms with van der Waals surface area (Å²) in [6.07, 6.45) is 0. The molecule has 82 valence electrons. The third-order valence-corrected chi connectivity index (χ3v) is 2.51. The molecule has 1 N–H and O–H groups in total. The van der Waals surface area contributed by atoms with Crippen molar-refractivity contribution < 1.29 is 9.59 Å². The molecular weight excluding hydrogens is 204 g/mol. The molecule has 0 saturated heterocycles. The molecular formula is C9H17ClN2O2. The molecule has 0 bridgehead atoms. The molecule has 0 heterocycles. The van der Waals surface area contributed by atoms with Gasteiger partial charge in [0.25, 0.3) is 0 Å². The lowest BCUT2D eigenvalue weighted by atomic mass is 10.1. The van der Waals surface area contributed by atoms with E-state index in [1.54, 1.807) is 7.05 Å². The molecule has 0 rings (SSSR count). The Hall–Kier alpha value is -0.770. The highest BCUT2D eigenvalue weighted by Gasteiger charge is 2.19. The second-order valence-electron chi connectivity index (χ2n) is 3.58. The smallest absolute Gasteiger partial charge is 0.324 e. The second kappa shape index (κ2) is 5.86. The van der Waals surface area contributed by atoms with Crippen molar-refractivity contribution in [1.82, 2.24) is 10.2 Å². The van der Waals surface area contributed by atoms with E-state index in [0.29, 0.717) is 5.92 Å². The van der Waals surface area contributed by atoms with Crippen molar-refractivity contribution in [3.05, 3.63) is 0 Å². The average molecular weight is 221 g/mol. The molecule has 0 saturated carbocycles. The van der Waals surface area contributed by atoms with Gasteiger partial charge in [0.15, 0.2) is 0 Å². The van der Waals surface area contributed by atoms with Crippen LogP contribution in [0.25, 0.3) is 0 Å². The maximum Gasteiger partial charge on any atom is 0.324 e. The first-order valence-electron chi connectivity index (χ1n) is 4.52. The number of carbonyl (C=O) groups excluding carboxylic acids is 2. The first kappa shape index (κ1) is 13.2. The Bertz CT molecular complexity index is 219. The lowest BCUT2D eigenvalue weighted by molar-refractivity contribution is -0.117. The van der Waals surface area contributed by atoms with E-state index in [-0.39, 0.29) is 11.9 Å². The number of hydrogen-bond acceptors (Lipinski definition) is 2. The zero-order chi connectivity index (χ0) is 11.3. The number of hydrogen-bond donors (Lipinski definition) is 1. The molecule has 5 heteroatoms. The van der Waals surface area contributed by atoms with Crippen LogP contribution >= 0.6 is 11.6 Å². The zero-order valence-corrected chi connectivity index (χ0v) is 9.76. The van der Waals surface area contributed by atoms with Crippen LogP contribution in [0, 0.1) is 5.92 Å². The number of rotatable bonds is 3. The SMILES string of the molecule is CC(C)C(C)N(C)C(=O)NC(=O)CCl. The number of nitrogens with zero attached hydrogens (tertiary/aromatic N) is 1. The highest BCUT2D eigenvalue weighted by molar-refractivity contribution is 6.28. The van der Waals surface area contributed by atoms with E-state index < -0.39 is 11.9 Å². The minimum Gasteiger partial charge on any atom is -0.325 e. The summed E-state index contributed by atoms with van der Waals surface area (Å²) in [5, 5.41) is 2.18. The molecule has 0 aromatic carbocycles. The predicted molar refractivity (Wildman–Crippen MR) is 56.3 cm³/mol. The number of imide groups is 1. The zero-order valence-electron chi connectivity index (χ0n) is 9.00. The summed E-state index contributed by atoms with van der Waals surface area (Å²) in [6, 6.07) is -0.324. The largest absolute Gasteiger partial charge is 0.325 e. The fourth-order valence-electron chi connectivity index (χ4n) is 0.873. The summed E-state index contributed by atoms with van der Waals surface area (Å²) >= 11 is 5.26. The monoisotopic (exact) mass is 220 g/mol. The van der Waals surface area contributed by atoms with E-state index in [9.17, 15) is 9.59 Å². The Balaban J connectivity index is 4.18. The van der Waals surface area contributed by atoms with Gasteiger partial charge >= 0.3 is 6.03 Å². The van der Waals surface area contributed by atoms with Crippen molar-refractivity contribution in [3.8, 4) is 0 Å². The average Bonchev–Trinajstić information content (AvgIpc) is 2.14. The molecule has 0 aliphatic heterocycles. The third-order valence-electron chi connectivity index (χ3n) is 2.26. The van der Waals surface area contributed by atoms with Crippen LogP contribution in [0.5, 0.6) is 0 Å². The Kier molecular flexibility index (Phi) is 5.53. The summed E-state index contributed by atoms with van der Waals surface area (Å²) in [7, 11) is 1.65. The molecule has 0 radical (unpaired) electrons. The Morgan fingerprint density at radius 1 is 1.36 bits per heavy atom. The minimum atomic E-state index is -0.473. The van der Waals surface area contributed by atoms with Crippen molar-refractivity contribution in [2.24, 2.45) is 5.92 Å². The number of nitrogens with one attached hydrogen (secondary N) is 1. The summed E-state index contributed by atoms with van der Waals surface area (Å²) < 4.78 is 0. The van der Waals surface area contributed by atoms with Gasteiger partial charge in [0.05, 0.1) is 0 Å². The highest BCUT2D eigenvalue weighted by atomic mass is 35.5. The first-order chi connectivity index (χ1) is 6.40. The molecule has 0 aliphatic carbocycles. The van der Waals surface area contributed by atoms with Gasteiger partial charge in [-0.15, -0.1) is 11.6 Å². The molecule has 0 spiro atoms. The maximum atomic E-state index is 11.4. The van der Waals surface area contributed by atoms with Crippen LogP contribution in [-0.2, 0) is 4.79 Å². The second-order valence-corrected chi connectivity index (χ2v) is 3.85. The molecule has 14 heavy (non-hydrogen) atoms. The number of amides is 3. The Morgan fingerprint density at radius 3 is 2.21 bits per heavy atom. The standard InChI is InChI=1S/C9H17ClN2O2/c1-6(2)7(3)12(4)9(14)11-8(13)5-10/h6-7H,5H2,1-4H3,(H,11,13,14). The lowest BCUT2D eigenvalue weighted by Crippen LogP contribution is -2.46. The van der Waals surface area contributed by atoms with E-state index in [1.165, 1.54) is 4.90 Å². The third kappa shape index (κ3) is 3.96. The fraction of sp³-hybridized carbons (Fsp3) is 0.778. The lowest BCUT2D eigenvalue weighted by Gasteiger charge is -2.27. The van der Waals surface area contributed by atoms with Gasteiger partial charge in [0.2, 0.25) is 5.91 Å². The first-order valence-corrected chi connectivity index (χ1v) is 5.06. The van der Waals surface area contributed by atoms with Crippen LogP contribution < -0.4 is 5.32 Å². The topological polar surface area (TPSA) is 49.4 Å².